The van der Waals surface area contributed by atoms with Gasteiger partial charge in [-0.2, -0.15) is 0 Å². The number of carbonyl (C=O) groups is 1. The Morgan fingerprint density at radius 3 is 1.85 bits per heavy atom. The molecule has 0 amide bonds. The van der Waals surface area contributed by atoms with Gasteiger partial charge in [-0.05, 0) is 27.2 Å². The largest absolute Gasteiger partial charge is 0.500 e. The van der Waals surface area contributed by atoms with Gasteiger partial charge in [0, 0.05) is 32.9 Å². The second-order valence-electron chi connectivity index (χ2n) is 3.98. The minimum Gasteiger partial charge on any atom is -0.462 e. The smallest absolute Gasteiger partial charge is 0.462 e. The number of ether oxygens (including phenoxy) is 1. The van der Waals surface area contributed by atoms with Gasteiger partial charge in [0.05, 0.1) is 6.61 Å². The molecule has 0 aliphatic rings. The van der Waals surface area contributed by atoms with E-state index in [1.54, 1.807) is 28.3 Å². The first-order valence-electron chi connectivity index (χ1n) is 6.48. The molecule has 0 fully saturated rings. The monoisotopic (exact) mass is 304 g/mol. The van der Waals surface area contributed by atoms with Crippen LogP contribution in [0.25, 0.3) is 0 Å². The first kappa shape index (κ1) is 21.3. The SMILES string of the molecule is C=C(C)C(=O)OCCC[Si](OC)(OC)OC.CC=CC. The van der Waals surface area contributed by atoms with Crippen LogP contribution in [0.2, 0.25) is 6.04 Å². The molecule has 0 saturated heterocycles. The van der Waals surface area contributed by atoms with Gasteiger partial charge in [0.1, 0.15) is 0 Å². The lowest BCUT2D eigenvalue weighted by Crippen LogP contribution is -2.42. The van der Waals surface area contributed by atoms with Crippen molar-refractivity contribution in [3.63, 3.8) is 0 Å². The lowest BCUT2D eigenvalue weighted by Gasteiger charge is -2.24. The lowest BCUT2D eigenvalue weighted by atomic mass is 10.4. The van der Waals surface area contributed by atoms with Gasteiger partial charge in [-0.25, -0.2) is 4.79 Å². The van der Waals surface area contributed by atoms with E-state index >= 15 is 0 Å². The summed E-state index contributed by atoms with van der Waals surface area (Å²) in [6, 6.07) is 0.611. The minimum absolute atomic E-state index is 0.316. The molecule has 6 heteroatoms. The predicted molar refractivity (Wildman–Crippen MR) is 82.5 cm³/mol. The maximum atomic E-state index is 11.1. The molecule has 0 aliphatic heterocycles. The van der Waals surface area contributed by atoms with E-state index in [1.165, 1.54) is 0 Å². The lowest BCUT2D eigenvalue weighted by molar-refractivity contribution is -0.139. The molecule has 0 bridgehead atoms. The summed E-state index contributed by atoms with van der Waals surface area (Å²) in [4.78, 5) is 11.1. The number of allylic oxidation sites excluding steroid dienone is 2. The fraction of sp³-hybridized carbons (Fsp3) is 0.643. The summed E-state index contributed by atoms with van der Waals surface area (Å²) >= 11 is 0. The Bertz CT molecular complexity index is 286. The fourth-order valence-electron chi connectivity index (χ4n) is 1.13. The summed E-state index contributed by atoms with van der Waals surface area (Å²) < 4.78 is 20.6. The number of carbonyl (C=O) groups excluding carboxylic acids is 1. The van der Waals surface area contributed by atoms with E-state index in [9.17, 15) is 4.79 Å². The molecule has 5 nitrogen and oxygen atoms in total. The van der Waals surface area contributed by atoms with Crippen LogP contribution in [-0.2, 0) is 22.8 Å². The maximum absolute atomic E-state index is 11.1. The van der Waals surface area contributed by atoms with Crippen LogP contribution in [0, 0.1) is 0 Å². The Hall–Kier alpha value is -0.953. The van der Waals surface area contributed by atoms with Crippen LogP contribution in [0.5, 0.6) is 0 Å². The van der Waals surface area contributed by atoms with Crippen molar-refractivity contribution in [2.24, 2.45) is 0 Å². The minimum atomic E-state index is -2.53. The van der Waals surface area contributed by atoms with Crippen LogP contribution in [0.4, 0.5) is 0 Å². The molecule has 0 aromatic heterocycles. The summed E-state index contributed by atoms with van der Waals surface area (Å²) in [6.07, 6.45) is 4.64. The molecule has 0 N–H and O–H groups in total. The quantitative estimate of drug-likeness (QED) is 0.227. The molecule has 0 heterocycles. The summed E-state index contributed by atoms with van der Waals surface area (Å²) in [5.41, 5.74) is 0.397. The standard InChI is InChI=1S/C10H20O5Si.C4H8/c1-9(2)10(11)15-7-6-8-16(12-3,13-4)14-5;1-3-4-2/h1,6-8H2,2-5H3;3-4H,1-2H3. The first-order valence-corrected chi connectivity index (χ1v) is 8.41. The number of hydrogen-bond donors (Lipinski definition) is 0. The Morgan fingerprint density at radius 2 is 1.55 bits per heavy atom. The van der Waals surface area contributed by atoms with Crippen LogP contribution in [0.15, 0.2) is 24.3 Å². The highest BCUT2D eigenvalue weighted by Gasteiger charge is 2.36. The van der Waals surface area contributed by atoms with Gasteiger partial charge in [0.2, 0.25) is 0 Å². The maximum Gasteiger partial charge on any atom is 0.500 e. The summed E-state index contributed by atoms with van der Waals surface area (Å²) in [5.74, 6) is -0.375. The van der Waals surface area contributed by atoms with Gasteiger partial charge < -0.3 is 18.0 Å². The third-order valence-electron chi connectivity index (χ3n) is 2.48. The molecular weight excluding hydrogens is 276 g/mol. The average molecular weight is 304 g/mol. The molecule has 0 aromatic carbocycles. The topological polar surface area (TPSA) is 54.0 Å². The Labute approximate surface area is 123 Å². The molecule has 0 aliphatic carbocycles. The van der Waals surface area contributed by atoms with Crippen molar-refractivity contribution < 1.29 is 22.8 Å². The molecule has 0 unspecified atom stereocenters. The predicted octanol–water partition coefficient (Wildman–Crippen LogP) is 2.96. The van der Waals surface area contributed by atoms with Gasteiger partial charge in [0.15, 0.2) is 0 Å². The molecule has 118 valence electrons. The van der Waals surface area contributed by atoms with Gasteiger partial charge in [0.25, 0.3) is 0 Å². The molecule has 0 rings (SSSR count). The molecule has 20 heavy (non-hydrogen) atoms. The van der Waals surface area contributed by atoms with Crippen molar-refractivity contribution in [2.45, 2.75) is 33.2 Å². The normalized spacial score (nSPS) is 10.9. The summed E-state index contributed by atoms with van der Waals surface area (Å²) in [5, 5.41) is 0. The third-order valence-corrected chi connectivity index (χ3v) is 5.31. The van der Waals surface area contributed by atoms with E-state index in [-0.39, 0.29) is 5.97 Å². The van der Waals surface area contributed by atoms with Gasteiger partial charge in [-0.3, -0.25) is 0 Å². The fourth-order valence-corrected chi connectivity index (χ4v) is 2.82. The van der Waals surface area contributed by atoms with Crippen molar-refractivity contribution in [3.8, 4) is 0 Å². The van der Waals surface area contributed by atoms with E-state index in [4.69, 9.17) is 18.0 Å². The molecule has 0 spiro atoms. The van der Waals surface area contributed by atoms with E-state index in [1.807, 2.05) is 26.0 Å². The molecule has 0 saturated carbocycles. The van der Waals surface area contributed by atoms with Crippen LogP contribution in [0.1, 0.15) is 27.2 Å². The summed E-state index contributed by atoms with van der Waals surface area (Å²) in [7, 11) is 2.13. The number of hydrogen-bond acceptors (Lipinski definition) is 5. The van der Waals surface area contributed by atoms with Crippen molar-refractivity contribution in [3.05, 3.63) is 24.3 Å². The van der Waals surface area contributed by atoms with Crippen LogP contribution >= 0.6 is 0 Å². The number of esters is 1. The van der Waals surface area contributed by atoms with E-state index < -0.39 is 8.80 Å². The molecule has 0 radical (unpaired) electrons. The summed E-state index contributed by atoms with van der Waals surface area (Å²) in [6.45, 7) is 9.42. The highest BCUT2D eigenvalue weighted by atomic mass is 28.4. The Kier molecular flexibility index (Phi) is 13.9. The van der Waals surface area contributed by atoms with E-state index in [0.717, 1.165) is 0 Å². The molecule has 0 atom stereocenters. The van der Waals surface area contributed by atoms with Gasteiger partial charge in [-0.1, -0.05) is 18.7 Å². The van der Waals surface area contributed by atoms with Crippen molar-refractivity contribution in [1.82, 2.24) is 0 Å². The Morgan fingerprint density at radius 1 is 1.10 bits per heavy atom. The van der Waals surface area contributed by atoms with Crippen molar-refractivity contribution in [1.29, 1.82) is 0 Å². The number of rotatable bonds is 8. The Balaban J connectivity index is 0. The van der Waals surface area contributed by atoms with Crippen LogP contribution in [-0.4, -0.2) is 42.7 Å². The first-order chi connectivity index (χ1) is 9.42. The second-order valence-corrected chi connectivity index (χ2v) is 7.07. The van der Waals surface area contributed by atoms with Gasteiger partial charge >= 0.3 is 14.8 Å². The molecular formula is C14H28O5Si. The zero-order valence-corrected chi connectivity index (χ0v) is 14.5. The van der Waals surface area contributed by atoms with E-state index in [2.05, 4.69) is 6.58 Å². The molecule has 0 aromatic rings. The van der Waals surface area contributed by atoms with Crippen molar-refractivity contribution in [2.75, 3.05) is 27.9 Å². The van der Waals surface area contributed by atoms with Crippen LogP contribution in [0.3, 0.4) is 0 Å². The second kappa shape index (κ2) is 13.0. The average Bonchev–Trinajstić information content (AvgIpc) is 2.48. The zero-order chi connectivity index (χ0) is 16.0. The van der Waals surface area contributed by atoms with Crippen molar-refractivity contribution >= 4 is 14.8 Å². The highest BCUT2D eigenvalue weighted by molar-refractivity contribution is 6.60. The van der Waals surface area contributed by atoms with E-state index in [0.29, 0.717) is 24.6 Å². The zero-order valence-electron chi connectivity index (χ0n) is 13.5. The highest BCUT2D eigenvalue weighted by Crippen LogP contribution is 2.14. The van der Waals surface area contributed by atoms with Crippen LogP contribution < -0.4 is 0 Å². The third kappa shape index (κ3) is 9.91. The van der Waals surface area contributed by atoms with Gasteiger partial charge in [-0.15, -0.1) is 0 Å².